The maximum Gasteiger partial charge on any atom is 0.217 e. The van der Waals surface area contributed by atoms with Crippen LogP contribution in [0.25, 0.3) is 21.9 Å². The number of piperazine rings is 1. The number of H-pyrrole nitrogens is 1. The number of sulfone groups is 1. The van der Waals surface area contributed by atoms with Gasteiger partial charge >= 0.3 is 0 Å². The molecule has 1 aliphatic heterocycles. The summed E-state index contributed by atoms with van der Waals surface area (Å²) in [6.45, 7) is 2.53. The lowest BCUT2D eigenvalue weighted by atomic mass is 10.1. The van der Waals surface area contributed by atoms with Crippen LogP contribution in [0.2, 0.25) is 0 Å². The largest absolute Gasteiger partial charge is 0.493 e. The van der Waals surface area contributed by atoms with Gasteiger partial charge in [-0.15, -0.1) is 4.91 Å². The van der Waals surface area contributed by atoms with Gasteiger partial charge in [-0.25, -0.2) is 23.4 Å². The van der Waals surface area contributed by atoms with Crippen molar-refractivity contribution >= 4 is 77.1 Å². The van der Waals surface area contributed by atoms with Gasteiger partial charge in [-0.3, -0.25) is 0 Å². The average molecular weight is 625 g/mol. The number of ether oxygens (including phenoxy) is 2. The maximum absolute atomic E-state index is 13.0. The second-order valence-electron chi connectivity index (χ2n) is 9.28. The standard InChI is InChI=1S/C26H24N8O5S3/c1-38-19-11-17-18(12-20(19)39-2)30-23-22(17)24(29-14-28-23)33-7-9-34(10-8-33)26(40)31-25-27-13-21(41-25)42(36,37)16-5-3-15(32-35)4-6-16/h3-6,11-14H,7-10H2,1-2H3,(H,27,31,40)(H,28,29,30). The van der Waals surface area contributed by atoms with Gasteiger partial charge in [-0.05, 0) is 47.7 Å². The molecule has 0 unspecified atom stereocenters. The highest BCUT2D eigenvalue weighted by molar-refractivity contribution is 7.93. The van der Waals surface area contributed by atoms with E-state index in [1.165, 1.54) is 30.5 Å². The summed E-state index contributed by atoms with van der Waals surface area (Å²) in [5.74, 6) is 2.05. The molecule has 0 spiro atoms. The molecule has 0 saturated carbocycles. The Morgan fingerprint density at radius 3 is 2.45 bits per heavy atom. The van der Waals surface area contributed by atoms with Crippen molar-refractivity contribution in [3.63, 3.8) is 0 Å². The molecule has 1 aliphatic rings. The van der Waals surface area contributed by atoms with E-state index in [0.717, 1.165) is 39.1 Å². The molecule has 0 radical (unpaired) electrons. The zero-order valence-electron chi connectivity index (χ0n) is 22.4. The Hall–Kier alpha value is -4.41. The SMILES string of the molecule is COc1cc2[nH]c3ncnc(N4CCN(C(=S)Nc5ncc(S(=O)(=O)c6ccc(N=O)cc6)s5)CC4)c3c2cc1OC. The number of hydrogen-bond acceptors (Lipinski definition) is 12. The first-order valence-corrected chi connectivity index (χ1v) is 15.4. The molecule has 3 aromatic heterocycles. The topological polar surface area (TPSA) is 155 Å². The third kappa shape index (κ3) is 4.97. The van der Waals surface area contributed by atoms with Crippen LogP contribution in [0.5, 0.6) is 11.5 Å². The Kier molecular flexibility index (Phi) is 7.34. The third-order valence-corrected chi connectivity index (χ3v) is 10.5. The number of nitrogens with one attached hydrogen (secondary N) is 2. The number of nitrogens with zero attached hydrogens (tertiary/aromatic N) is 6. The molecule has 216 valence electrons. The van der Waals surface area contributed by atoms with Crippen LogP contribution in [0.15, 0.2) is 63.2 Å². The number of anilines is 2. The predicted octanol–water partition coefficient (Wildman–Crippen LogP) is 4.33. The van der Waals surface area contributed by atoms with Gasteiger partial charge in [0.1, 0.15) is 27.7 Å². The van der Waals surface area contributed by atoms with E-state index >= 15 is 0 Å². The van der Waals surface area contributed by atoms with Crippen LogP contribution < -0.4 is 19.7 Å². The number of thiazole rings is 1. The quantitative estimate of drug-likeness (QED) is 0.196. The summed E-state index contributed by atoms with van der Waals surface area (Å²) >= 11 is 6.61. The van der Waals surface area contributed by atoms with Crippen LogP contribution in [-0.4, -0.2) is 78.8 Å². The number of hydrogen-bond donors (Lipinski definition) is 2. The number of aromatic nitrogens is 4. The Bertz CT molecular complexity index is 1920. The van der Waals surface area contributed by atoms with Crippen molar-refractivity contribution in [1.29, 1.82) is 0 Å². The Labute approximate surface area is 249 Å². The highest BCUT2D eigenvalue weighted by atomic mass is 32.2. The lowest BCUT2D eigenvalue weighted by Crippen LogP contribution is -2.50. The summed E-state index contributed by atoms with van der Waals surface area (Å²) < 4.78 is 37.0. The number of methoxy groups -OCH3 is 2. The Balaban J connectivity index is 1.15. The molecule has 13 nitrogen and oxygen atoms in total. The lowest BCUT2D eigenvalue weighted by Gasteiger charge is -2.36. The van der Waals surface area contributed by atoms with Gasteiger partial charge in [0.05, 0.1) is 36.2 Å². The Morgan fingerprint density at radius 1 is 1.05 bits per heavy atom. The molecule has 1 saturated heterocycles. The maximum atomic E-state index is 13.0. The highest BCUT2D eigenvalue weighted by Gasteiger charge is 2.25. The zero-order chi connectivity index (χ0) is 29.4. The summed E-state index contributed by atoms with van der Waals surface area (Å²) in [5, 5.41) is 8.52. The number of nitroso groups, excluding NO2 is 1. The minimum absolute atomic E-state index is 0.0513. The molecular weight excluding hydrogens is 601 g/mol. The van der Waals surface area contributed by atoms with Crippen molar-refractivity contribution in [2.24, 2.45) is 5.18 Å². The molecule has 2 aromatic carbocycles. The van der Waals surface area contributed by atoms with Crippen molar-refractivity contribution in [1.82, 2.24) is 24.8 Å². The molecule has 0 bridgehead atoms. The highest BCUT2D eigenvalue weighted by Crippen LogP contribution is 2.38. The van der Waals surface area contributed by atoms with E-state index in [1.807, 2.05) is 17.0 Å². The van der Waals surface area contributed by atoms with E-state index in [9.17, 15) is 13.3 Å². The molecular formula is C26H24N8O5S3. The van der Waals surface area contributed by atoms with Gasteiger partial charge in [0, 0.05) is 37.6 Å². The first kappa shape index (κ1) is 27.7. The zero-order valence-corrected chi connectivity index (χ0v) is 24.8. The fourth-order valence-electron chi connectivity index (χ4n) is 4.81. The summed E-state index contributed by atoms with van der Waals surface area (Å²) in [7, 11) is -0.601. The molecule has 16 heteroatoms. The predicted molar refractivity (Wildman–Crippen MR) is 164 cm³/mol. The molecule has 4 heterocycles. The Morgan fingerprint density at radius 2 is 1.76 bits per heavy atom. The van der Waals surface area contributed by atoms with Crippen LogP contribution in [0.3, 0.4) is 0 Å². The molecule has 2 N–H and O–H groups in total. The summed E-state index contributed by atoms with van der Waals surface area (Å²) in [6.07, 6.45) is 2.84. The second-order valence-corrected chi connectivity index (χ2v) is 12.9. The van der Waals surface area contributed by atoms with Gasteiger partial charge in [0.2, 0.25) is 9.84 Å². The first-order valence-electron chi connectivity index (χ1n) is 12.7. The van der Waals surface area contributed by atoms with Crippen molar-refractivity contribution < 1.29 is 17.9 Å². The smallest absolute Gasteiger partial charge is 0.217 e. The number of benzene rings is 2. The summed E-state index contributed by atoms with van der Waals surface area (Å²) in [5.41, 5.74) is 1.74. The number of thiocarbonyl (C=S) groups is 1. The van der Waals surface area contributed by atoms with Crippen LogP contribution in [0.1, 0.15) is 0 Å². The number of aromatic amines is 1. The third-order valence-electron chi connectivity index (χ3n) is 6.96. The second kappa shape index (κ2) is 11.1. The van der Waals surface area contributed by atoms with Crippen molar-refractivity contribution in [2.75, 3.05) is 50.6 Å². The van der Waals surface area contributed by atoms with E-state index < -0.39 is 9.84 Å². The van der Waals surface area contributed by atoms with Gasteiger partial charge in [-0.2, -0.15) is 0 Å². The number of rotatable bonds is 7. The van der Waals surface area contributed by atoms with Crippen LogP contribution in [0, 0.1) is 4.91 Å². The van der Waals surface area contributed by atoms with E-state index in [0.29, 0.717) is 47.9 Å². The fourth-order valence-corrected chi connectivity index (χ4v) is 7.59. The van der Waals surface area contributed by atoms with E-state index in [1.54, 1.807) is 20.5 Å². The molecule has 0 amide bonds. The van der Waals surface area contributed by atoms with Gasteiger partial charge in [0.25, 0.3) is 0 Å². The summed E-state index contributed by atoms with van der Waals surface area (Å²) in [6, 6.07) is 9.21. The van der Waals surface area contributed by atoms with Crippen LogP contribution >= 0.6 is 23.6 Å². The minimum atomic E-state index is -3.80. The van der Waals surface area contributed by atoms with Gasteiger partial charge < -0.3 is 29.6 Å². The average Bonchev–Trinajstić information content (AvgIpc) is 3.65. The van der Waals surface area contributed by atoms with E-state index in [4.69, 9.17) is 21.7 Å². The molecule has 0 atom stereocenters. The van der Waals surface area contributed by atoms with Crippen molar-refractivity contribution in [3.8, 4) is 11.5 Å². The molecule has 0 aliphatic carbocycles. The van der Waals surface area contributed by atoms with Crippen molar-refractivity contribution in [3.05, 3.63) is 53.8 Å². The van der Waals surface area contributed by atoms with Crippen LogP contribution in [0.4, 0.5) is 16.6 Å². The van der Waals surface area contributed by atoms with E-state index in [2.05, 4.69) is 35.3 Å². The van der Waals surface area contributed by atoms with E-state index in [-0.39, 0.29) is 14.8 Å². The normalized spacial score (nSPS) is 13.9. The molecule has 42 heavy (non-hydrogen) atoms. The van der Waals surface area contributed by atoms with Crippen molar-refractivity contribution in [2.45, 2.75) is 9.10 Å². The van der Waals surface area contributed by atoms with Gasteiger partial charge in [-0.1, -0.05) is 11.3 Å². The fraction of sp³-hybridized carbons (Fsp3) is 0.231. The monoisotopic (exact) mass is 624 g/mol. The first-order chi connectivity index (χ1) is 20.3. The van der Waals surface area contributed by atoms with Gasteiger partial charge in [0.15, 0.2) is 21.7 Å². The molecule has 1 fully saturated rings. The summed E-state index contributed by atoms with van der Waals surface area (Å²) in [4.78, 5) is 31.5. The number of fused-ring (bicyclic) bond motifs is 3. The molecule has 5 aromatic rings. The van der Waals surface area contributed by atoms with Crippen LogP contribution in [-0.2, 0) is 9.84 Å². The lowest BCUT2D eigenvalue weighted by molar-refractivity contribution is 0.356. The minimum Gasteiger partial charge on any atom is -0.493 e. The molecule has 6 rings (SSSR count).